The molecule has 0 saturated heterocycles. The summed E-state index contributed by atoms with van der Waals surface area (Å²) >= 11 is 6.29. The number of ether oxygens (including phenoxy) is 2. The normalized spacial score (nSPS) is 29.4. The Balaban J connectivity index is 2.19. The Hall–Kier alpha value is -0.570. The van der Waals surface area contributed by atoms with E-state index in [-0.39, 0.29) is 5.92 Å². The molecule has 86 valence electrons. The van der Waals surface area contributed by atoms with Crippen LogP contribution in [0.3, 0.4) is 0 Å². The van der Waals surface area contributed by atoms with Gasteiger partial charge >= 0.3 is 0 Å². The second-order valence-electron chi connectivity index (χ2n) is 4.55. The number of hydrogen-bond acceptors (Lipinski definition) is 2. The molecule has 0 spiro atoms. The van der Waals surface area contributed by atoms with Gasteiger partial charge in [0, 0.05) is 31.1 Å². The second-order valence-corrected chi connectivity index (χ2v) is 4.96. The van der Waals surface area contributed by atoms with Crippen molar-refractivity contribution in [3.05, 3.63) is 34.3 Å². The van der Waals surface area contributed by atoms with E-state index in [1.54, 1.807) is 14.2 Å². The Labute approximate surface area is 101 Å². The van der Waals surface area contributed by atoms with Crippen LogP contribution < -0.4 is 0 Å². The Morgan fingerprint density at radius 1 is 1.19 bits per heavy atom. The lowest BCUT2D eigenvalue weighted by atomic mass is 9.92. The summed E-state index contributed by atoms with van der Waals surface area (Å²) in [5.74, 6) is 0.144. The number of halogens is 1. The molecule has 0 aliphatic heterocycles. The quantitative estimate of drug-likeness (QED) is 0.736. The zero-order valence-electron chi connectivity index (χ0n) is 9.50. The minimum absolute atomic E-state index is 0.288. The first-order valence-corrected chi connectivity index (χ1v) is 6.01. The lowest BCUT2D eigenvalue weighted by Gasteiger charge is -2.31. The molecule has 2 nitrogen and oxygen atoms in total. The molecule has 0 radical (unpaired) electrons. The minimum atomic E-state index is -0.479. The summed E-state index contributed by atoms with van der Waals surface area (Å²) in [6.45, 7) is 0. The molecule has 2 aliphatic carbocycles. The van der Waals surface area contributed by atoms with E-state index in [4.69, 9.17) is 21.1 Å². The summed E-state index contributed by atoms with van der Waals surface area (Å²) in [5, 5.41) is 0.850. The van der Waals surface area contributed by atoms with Gasteiger partial charge in [0.05, 0.1) is 0 Å². The Bertz CT molecular complexity index is 426. The summed E-state index contributed by atoms with van der Waals surface area (Å²) in [5.41, 5.74) is 2.55. The van der Waals surface area contributed by atoms with Crippen LogP contribution in [0, 0.1) is 0 Å². The molecule has 1 fully saturated rings. The summed E-state index contributed by atoms with van der Waals surface area (Å²) < 4.78 is 11.4. The summed E-state index contributed by atoms with van der Waals surface area (Å²) in [6, 6.07) is 6.12. The van der Waals surface area contributed by atoms with Crippen molar-refractivity contribution in [1.29, 1.82) is 0 Å². The Morgan fingerprint density at radius 3 is 2.50 bits per heavy atom. The van der Waals surface area contributed by atoms with Crippen molar-refractivity contribution in [1.82, 2.24) is 0 Å². The van der Waals surface area contributed by atoms with Crippen molar-refractivity contribution >= 4 is 11.6 Å². The molecule has 16 heavy (non-hydrogen) atoms. The smallest absolute Gasteiger partial charge is 0.181 e. The largest absolute Gasteiger partial charge is 0.352 e. The van der Waals surface area contributed by atoms with E-state index in [0.717, 1.165) is 17.9 Å². The van der Waals surface area contributed by atoms with Crippen molar-refractivity contribution in [2.24, 2.45) is 0 Å². The van der Waals surface area contributed by atoms with Gasteiger partial charge in [0.2, 0.25) is 0 Å². The highest BCUT2D eigenvalue weighted by Gasteiger charge is 2.59. The second kappa shape index (κ2) is 3.46. The highest BCUT2D eigenvalue weighted by atomic mass is 35.5. The van der Waals surface area contributed by atoms with Crippen LogP contribution in [0.4, 0.5) is 0 Å². The molecule has 3 heteroatoms. The van der Waals surface area contributed by atoms with Crippen LogP contribution in [0.25, 0.3) is 0 Å². The Morgan fingerprint density at radius 2 is 1.88 bits per heavy atom. The fourth-order valence-corrected chi connectivity index (χ4v) is 3.89. The van der Waals surface area contributed by atoms with Crippen molar-refractivity contribution < 1.29 is 9.47 Å². The first-order chi connectivity index (χ1) is 7.74. The molecule has 1 aromatic carbocycles. The number of rotatable bonds is 2. The lowest BCUT2D eigenvalue weighted by molar-refractivity contribution is -0.214. The molecular formula is C13H15ClO2. The van der Waals surface area contributed by atoms with Gasteiger partial charge in [0.1, 0.15) is 0 Å². The van der Waals surface area contributed by atoms with Gasteiger partial charge in [-0.2, -0.15) is 0 Å². The Kier molecular flexibility index (Phi) is 2.29. The maximum atomic E-state index is 6.29. The highest BCUT2D eigenvalue weighted by Crippen LogP contribution is 2.62. The van der Waals surface area contributed by atoms with Gasteiger partial charge in [-0.05, 0) is 30.0 Å². The third-order valence-corrected chi connectivity index (χ3v) is 4.49. The van der Waals surface area contributed by atoms with E-state index in [0.29, 0.717) is 5.92 Å². The average Bonchev–Trinajstić information content (AvgIpc) is 2.80. The summed E-state index contributed by atoms with van der Waals surface area (Å²) in [7, 11) is 3.46. The van der Waals surface area contributed by atoms with Crippen molar-refractivity contribution in [2.75, 3.05) is 14.2 Å². The zero-order valence-corrected chi connectivity index (χ0v) is 10.3. The third-order valence-electron chi connectivity index (χ3n) is 4.16. The molecule has 0 aromatic heterocycles. The average molecular weight is 239 g/mol. The zero-order chi connectivity index (χ0) is 11.3. The maximum absolute atomic E-state index is 6.29. The van der Waals surface area contributed by atoms with Crippen LogP contribution in [-0.4, -0.2) is 20.0 Å². The van der Waals surface area contributed by atoms with E-state index in [1.807, 2.05) is 12.1 Å². The molecule has 1 saturated carbocycles. The molecule has 0 amide bonds. The lowest BCUT2D eigenvalue weighted by Crippen LogP contribution is -2.36. The summed E-state index contributed by atoms with van der Waals surface area (Å²) in [6.07, 6.45) is 2.22. The number of benzene rings is 1. The van der Waals surface area contributed by atoms with Gasteiger partial charge < -0.3 is 9.47 Å². The van der Waals surface area contributed by atoms with E-state index < -0.39 is 5.79 Å². The molecule has 0 unspecified atom stereocenters. The predicted molar refractivity (Wildman–Crippen MR) is 62.9 cm³/mol. The van der Waals surface area contributed by atoms with Crippen LogP contribution >= 0.6 is 11.6 Å². The number of methoxy groups -OCH3 is 2. The highest BCUT2D eigenvalue weighted by molar-refractivity contribution is 6.31. The molecule has 0 N–H and O–H groups in total. The molecule has 2 aliphatic rings. The van der Waals surface area contributed by atoms with Crippen molar-refractivity contribution in [2.45, 2.75) is 30.5 Å². The van der Waals surface area contributed by atoms with Crippen LogP contribution in [0.1, 0.15) is 35.8 Å². The van der Waals surface area contributed by atoms with Gasteiger partial charge in [-0.3, -0.25) is 0 Å². The van der Waals surface area contributed by atoms with E-state index in [9.17, 15) is 0 Å². The van der Waals surface area contributed by atoms with Gasteiger partial charge in [-0.1, -0.05) is 23.7 Å². The number of hydrogen-bond donors (Lipinski definition) is 0. The molecule has 2 atom stereocenters. The third kappa shape index (κ3) is 1.05. The minimum Gasteiger partial charge on any atom is -0.352 e. The van der Waals surface area contributed by atoms with Crippen LogP contribution in [0.5, 0.6) is 0 Å². The first-order valence-electron chi connectivity index (χ1n) is 5.63. The van der Waals surface area contributed by atoms with E-state index in [2.05, 4.69) is 6.07 Å². The molecule has 3 rings (SSSR count). The first kappa shape index (κ1) is 10.6. The summed E-state index contributed by atoms with van der Waals surface area (Å²) in [4.78, 5) is 0. The van der Waals surface area contributed by atoms with Crippen LogP contribution in [-0.2, 0) is 9.47 Å². The van der Waals surface area contributed by atoms with Crippen molar-refractivity contribution in [3.63, 3.8) is 0 Å². The van der Waals surface area contributed by atoms with E-state index in [1.165, 1.54) is 11.1 Å². The fourth-order valence-electron chi connectivity index (χ4n) is 3.57. The van der Waals surface area contributed by atoms with Crippen LogP contribution in [0.15, 0.2) is 18.2 Å². The monoisotopic (exact) mass is 238 g/mol. The standard InChI is InChI=1S/C13H15ClO2/c1-15-13(16-2)9-6-7-10(13)12-8(9)4-3-5-11(12)14/h3-5,9-10H,6-7H2,1-2H3/t9-,10+/m0/s1. The molecular weight excluding hydrogens is 224 g/mol. The SMILES string of the molecule is COC1(OC)[C@@H]2CC[C@H]1c1cccc(Cl)c12. The van der Waals surface area contributed by atoms with E-state index >= 15 is 0 Å². The van der Waals surface area contributed by atoms with Gasteiger partial charge in [0.15, 0.2) is 5.79 Å². The number of fused-ring (bicyclic) bond motifs is 5. The maximum Gasteiger partial charge on any atom is 0.181 e. The van der Waals surface area contributed by atoms with Gasteiger partial charge in [0.25, 0.3) is 0 Å². The fraction of sp³-hybridized carbons (Fsp3) is 0.538. The van der Waals surface area contributed by atoms with Gasteiger partial charge in [-0.15, -0.1) is 0 Å². The topological polar surface area (TPSA) is 18.5 Å². The molecule has 2 bridgehead atoms. The predicted octanol–water partition coefficient (Wildman–Crippen LogP) is 3.30. The molecule has 1 aromatic rings. The molecule has 0 heterocycles. The van der Waals surface area contributed by atoms with Gasteiger partial charge in [-0.25, -0.2) is 0 Å². The van der Waals surface area contributed by atoms with Crippen LogP contribution in [0.2, 0.25) is 5.02 Å². The van der Waals surface area contributed by atoms with Crippen molar-refractivity contribution in [3.8, 4) is 0 Å².